The van der Waals surface area contributed by atoms with Crippen molar-refractivity contribution in [3.8, 4) is 0 Å². The van der Waals surface area contributed by atoms with Crippen LogP contribution in [0.15, 0.2) is 0 Å². The van der Waals surface area contributed by atoms with Gasteiger partial charge < -0.3 is 25.2 Å². The number of ether oxygens (including phenoxy) is 1. The number of aliphatic carboxylic acids is 1. The molecule has 0 aromatic rings. The molecule has 0 aliphatic rings. The Kier molecular flexibility index (Phi) is 8.06. The molecule has 0 aromatic carbocycles. The van der Waals surface area contributed by atoms with Crippen LogP contribution in [-0.2, 0) is 9.53 Å². The van der Waals surface area contributed by atoms with Gasteiger partial charge in [0, 0.05) is 26.6 Å². The predicted octanol–water partition coefficient (Wildman–Crippen LogP) is -0.112. The summed E-state index contributed by atoms with van der Waals surface area (Å²) < 4.78 is 4.76. The largest absolute Gasteiger partial charge is 0.481 e. The zero-order chi connectivity index (χ0) is 14.1. The number of carboxylic acids is 1. The third kappa shape index (κ3) is 7.86. The van der Waals surface area contributed by atoms with E-state index in [1.165, 1.54) is 12.0 Å². The molecule has 7 heteroatoms. The molecule has 7 nitrogen and oxygen atoms in total. The first-order valence-corrected chi connectivity index (χ1v) is 5.77. The number of nitrogens with zero attached hydrogens (tertiary/aromatic N) is 1. The molecular formula is C11H22N2O5. The van der Waals surface area contributed by atoms with Gasteiger partial charge in [-0.15, -0.1) is 0 Å². The van der Waals surface area contributed by atoms with Gasteiger partial charge >= 0.3 is 12.0 Å². The quantitative estimate of drug-likeness (QED) is 0.567. The molecule has 0 heterocycles. The number of methoxy groups -OCH3 is 1. The number of carboxylic acid groups (broad SMARTS) is 1. The molecule has 2 atom stereocenters. The lowest BCUT2D eigenvalue weighted by molar-refractivity contribution is -0.137. The van der Waals surface area contributed by atoms with Gasteiger partial charge in [0.25, 0.3) is 0 Å². The summed E-state index contributed by atoms with van der Waals surface area (Å²) >= 11 is 0. The number of carbonyl (C=O) groups excluding carboxylic acids is 1. The van der Waals surface area contributed by atoms with Crippen LogP contribution >= 0.6 is 0 Å². The van der Waals surface area contributed by atoms with Crippen LogP contribution in [0.1, 0.15) is 19.8 Å². The smallest absolute Gasteiger partial charge is 0.317 e. The minimum atomic E-state index is -0.889. The second-order valence-electron chi connectivity index (χ2n) is 4.27. The van der Waals surface area contributed by atoms with Crippen LogP contribution in [0.5, 0.6) is 0 Å². The maximum absolute atomic E-state index is 11.7. The summed E-state index contributed by atoms with van der Waals surface area (Å²) in [6.45, 7) is 2.05. The summed E-state index contributed by atoms with van der Waals surface area (Å²) in [7, 11) is 3.02. The van der Waals surface area contributed by atoms with E-state index in [4.69, 9.17) is 9.84 Å². The van der Waals surface area contributed by atoms with E-state index in [0.717, 1.165) is 0 Å². The average Bonchev–Trinajstić information content (AvgIpc) is 2.26. The van der Waals surface area contributed by atoms with Crippen molar-refractivity contribution < 1.29 is 24.5 Å². The van der Waals surface area contributed by atoms with Crippen LogP contribution in [-0.4, -0.2) is 66.6 Å². The highest BCUT2D eigenvalue weighted by Crippen LogP contribution is 1.98. The van der Waals surface area contributed by atoms with E-state index in [1.54, 1.807) is 14.0 Å². The molecule has 2 unspecified atom stereocenters. The standard InChI is InChI=1S/C11H22N2O5/c1-8(4-5-10(15)16)12-11(17)13(2)6-9(14)7-18-3/h8-9,14H,4-7H2,1-3H3,(H,12,17)(H,15,16). The second kappa shape index (κ2) is 8.71. The monoisotopic (exact) mass is 262 g/mol. The van der Waals surface area contributed by atoms with Crippen molar-refractivity contribution in [2.75, 3.05) is 27.3 Å². The van der Waals surface area contributed by atoms with Gasteiger partial charge in [-0.25, -0.2) is 4.79 Å². The Morgan fingerprint density at radius 1 is 1.44 bits per heavy atom. The summed E-state index contributed by atoms with van der Waals surface area (Å²) in [6, 6.07) is -0.571. The molecule has 106 valence electrons. The van der Waals surface area contributed by atoms with E-state index in [9.17, 15) is 14.7 Å². The van der Waals surface area contributed by atoms with Crippen molar-refractivity contribution in [3.63, 3.8) is 0 Å². The summed E-state index contributed by atoms with van der Waals surface area (Å²) in [5.74, 6) is -0.889. The van der Waals surface area contributed by atoms with Gasteiger partial charge in [0.2, 0.25) is 0 Å². The minimum absolute atomic E-state index is 0.0114. The lowest BCUT2D eigenvalue weighted by atomic mass is 10.2. The topological polar surface area (TPSA) is 99.1 Å². The third-order valence-corrected chi connectivity index (χ3v) is 2.35. The Morgan fingerprint density at radius 3 is 2.56 bits per heavy atom. The molecule has 0 aliphatic carbocycles. The average molecular weight is 262 g/mol. The number of urea groups is 1. The first-order valence-electron chi connectivity index (χ1n) is 5.77. The second-order valence-corrected chi connectivity index (χ2v) is 4.27. The zero-order valence-corrected chi connectivity index (χ0v) is 11.0. The van der Waals surface area contributed by atoms with E-state index in [0.29, 0.717) is 6.42 Å². The number of amides is 2. The van der Waals surface area contributed by atoms with Crippen LogP contribution in [0.2, 0.25) is 0 Å². The SMILES string of the molecule is COCC(O)CN(C)C(=O)NC(C)CCC(=O)O. The van der Waals surface area contributed by atoms with Gasteiger partial charge in [0.1, 0.15) is 0 Å². The molecule has 0 bridgehead atoms. The molecule has 3 N–H and O–H groups in total. The fourth-order valence-electron chi connectivity index (χ4n) is 1.38. The van der Waals surface area contributed by atoms with E-state index in [1.807, 2.05) is 0 Å². The molecule has 0 fully saturated rings. The van der Waals surface area contributed by atoms with Crippen molar-refractivity contribution in [1.82, 2.24) is 10.2 Å². The van der Waals surface area contributed by atoms with Crippen LogP contribution in [0.25, 0.3) is 0 Å². The number of aliphatic hydroxyl groups is 1. The summed E-state index contributed by atoms with van der Waals surface area (Å²) in [5.41, 5.74) is 0. The lowest BCUT2D eigenvalue weighted by Gasteiger charge is -2.23. The molecule has 2 amide bonds. The van der Waals surface area contributed by atoms with Crippen molar-refractivity contribution in [2.45, 2.75) is 31.9 Å². The summed E-state index contributed by atoms with van der Waals surface area (Å²) in [6.07, 6.45) is -0.354. The number of rotatable bonds is 8. The fourth-order valence-corrected chi connectivity index (χ4v) is 1.38. The molecule has 0 saturated heterocycles. The Morgan fingerprint density at radius 2 is 2.06 bits per heavy atom. The van der Waals surface area contributed by atoms with E-state index < -0.39 is 12.1 Å². The normalized spacial score (nSPS) is 13.8. The van der Waals surface area contributed by atoms with Crippen molar-refractivity contribution in [2.24, 2.45) is 0 Å². The van der Waals surface area contributed by atoms with Crippen molar-refractivity contribution in [1.29, 1.82) is 0 Å². The van der Waals surface area contributed by atoms with E-state index in [2.05, 4.69) is 5.32 Å². The summed E-state index contributed by atoms with van der Waals surface area (Å²) in [4.78, 5) is 23.4. The Labute approximate surface area is 107 Å². The third-order valence-electron chi connectivity index (χ3n) is 2.35. The molecule has 0 aliphatic heterocycles. The number of nitrogens with one attached hydrogen (secondary N) is 1. The van der Waals surface area contributed by atoms with Crippen molar-refractivity contribution >= 4 is 12.0 Å². The highest BCUT2D eigenvalue weighted by Gasteiger charge is 2.15. The minimum Gasteiger partial charge on any atom is -0.481 e. The Bertz CT molecular complexity index is 272. The number of likely N-dealkylation sites (N-methyl/N-ethyl adjacent to an activating group) is 1. The first kappa shape index (κ1) is 16.7. The van der Waals surface area contributed by atoms with Crippen LogP contribution in [0.3, 0.4) is 0 Å². The molecule has 0 spiro atoms. The van der Waals surface area contributed by atoms with Gasteiger partial charge in [-0.1, -0.05) is 0 Å². The van der Waals surface area contributed by atoms with E-state index >= 15 is 0 Å². The summed E-state index contributed by atoms with van der Waals surface area (Å²) in [5, 5.41) is 20.6. The van der Waals surface area contributed by atoms with Crippen LogP contribution < -0.4 is 5.32 Å². The molecule has 18 heavy (non-hydrogen) atoms. The van der Waals surface area contributed by atoms with Gasteiger partial charge in [0.15, 0.2) is 0 Å². The molecule has 0 saturated carbocycles. The van der Waals surface area contributed by atoms with Crippen LogP contribution in [0, 0.1) is 0 Å². The first-order chi connectivity index (χ1) is 8.36. The molecule has 0 radical (unpaired) electrons. The highest BCUT2D eigenvalue weighted by atomic mass is 16.5. The predicted molar refractivity (Wildman–Crippen MR) is 65.4 cm³/mol. The Balaban J connectivity index is 3.95. The van der Waals surface area contributed by atoms with Gasteiger partial charge in [-0.3, -0.25) is 4.79 Å². The Hall–Kier alpha value is -1.34. The molecular weight excluding hydrogens is 240 g/mol. The van der Waals surface area contributed by atoms with Crippen LogP contribution in [0.4, 0.5) is 4.79 Å². The molecule has 0 aromatic heterocycles. The number of aliphatic hydroxyl groups excluding tert-OH is 1. The maximum atomic E-state index is 11.7. The van der Waals surface area contributed by atoms with Gasteiger partial charge in [-0.2, -0.15) is 0 Å². The fraction of sp³-hybridized carbons (Fsp3) is 0.818. The lowest BCUT2D eigenvalue weighted by Crippen LogP contribution is -2.45. The number of hydrogen-bond acceptors (Lipinski definition) is 4. The molecule has 0 rings (SSSR count). The van der Waals surface area contributed by atoms with Gasteiger partial charge in [0.05, 0.1) is 19.3 Å². The highest BCUT2D eigenvalue weighted by molar-refractivity contribution is 5.74. The number of carbonyl (C=O) groups is 2. The van der Waals surface area contributed by atoms with Crippen molar-refractivity contribution in [3.05, 3.63) is 0 Å². The number of hydrogen-bond donors (Lipinski definition) is 3. The van der Waals surface area contributed by atoms with Gasteiger partial charge in [-0.05, 0) is 13.3 Å². The zero-order valence-electron chi connectivity index (χ0n) is 11.0. The van der Waals surface area contributed by atoms with E-state index in [-0.39, 0.29) is 31.6 Å². The maximum Gasteiger partial charge on any atom is 0.317 e.